The highest BCUT2D eigenvalue weighted by Gasteiger charge is 2.05. The molecule has 0 fully saturated rings. The lowest BCUT2D eigenvalue weighted by Gasteiger charge is -2.05. The van der Waals surface area contributed by atoms with Crippen molar-refractivity contribution < 1.29 is 4.79 Å². The molecule has 2 aromatic rings. The van der Waals surface area contributed by atoms with Gasteiger partial charge in [-0.05, 0) is 36.4 Å². The van der Waals surface area contributed by atoms with Crippen molar-refractivity contribution in [3.05, 3.63) is 53.9 Å². The van der Waals surface area contributed by atoms with E-state index in [9.17, 15) is 4.79 Å². The molecule has 1 heterocycles. The Bertz CT molecular complexity index is 611. The zero-order chi connectivity index (χ0) is 13.7. The molecular formula is C14H12N4O. The number of nitrogens with one attached hydrogen (secondary N) is 1. The number of nitrogen functional groups attached to an aromatic ring is 1. The number of hydrogen-bond acceptors (Lipinski definition) is 4. The third kappa shape index (κ3) is 3.54. The van der Waals surface area contributed by atoms with Crippen LogP contribution in [-0.2, 0) is 11.2 Å². The summed E-state index contributed by atoms with van der Waals surface area (Å²) in [6.45, 7) is 0. The van der Waals surface area contributed by atoms with Gasteiger partial charge in [-0.1, -0.05) is 0 Å². The minimum absolute atomic E-state index is 0.165. The average molecular weight is 252 g/mol. The third-order valence-electron chi connectivity index (χ3n) is 2.49. The summed E-state index contributed by atoms with van der Waals surface area (Å²) in [7, 11) is 0. The largest absolute Gasteiger partial charge is 0.397 e. The van der Waals surface area contributed by atoms with Gasteiger partial charge in [0.2, 0.25) is 5.91 Å². The molecule has 0 saturated carbocycles. The Balaban J connectivity index is 1.97. The molecule has 0 radical (unpaired) electrons. The molecule has 1 aromatic carbocycles. The van der Waals surface area contributed by atoms with Crippen LogP contribution in [0.2, 0.25) is 0 Å². The molecule has 1 aromatic heterocycles. The van der Waals surface area contributed by atoms with E-state index >= 15 is 0 Å². The Morgan fingerprint density at radius 2 is 2.00 bits per heavy atom. The lowest BCUT2D eigenvalue weighted by atomic mass is 10.2. The summed E-state index contributed by atoms with van der Waals surface area (Å²) < 4.78 is 0. The fraction of sp³-hybridized carbons (Fsp3) is 0.0714. The van der Waals surface area contributed by atoms with Gasteiger partial charge in [0, 0.05) is 11.4 Å². The van der Waals surface area contributed by atoms with Gasteiger partial charge in [0.25, 0.3) is 0 Å². The van der Waals surface area contributed by atoms with E-state index in [-0.39, 0.29) is 12.3 Å². The number of pyridine rings is 1. The first-order chi connectivity index (χ1) is 9.17. The van der Waals surface area contributed by atoms with Gasteiger partial charge in [-0.25, -0.2) is 0 Å². The number of rotatable bonds is 3. The van der Waals surface area contributed by atoms with E-state index in [1.807, 2.05) is 6.07 Å². The monoisotopic (exact) mass is 252 g/mol. The van der Waals surface area contributed by atoms with Gasteiger partial charge in [-0.2, -0.15) is 5.26 Å². The first-order valence-corrected chi connectivity index (χ1v) is 5.68. The van der Waals surface area contributed by atoms with Crippen LogP contribution in [0.4, 0.5) is 11.4 Å². The van der Waals surface area contributed by atoms with Gasteiger partial charge in [0.1, 0.15) is 0 Å². The van der Waals surface area contributed by atoms with Gasteiger partial charge in [-0.3, -0.25) is 9.78 Å². The number of nitrogens with zero attached hydrogens (tertiary/aromatic N) is 2. The Morgan fingerprint density at radius 3 is 2.58 bits per heavy atom. The van der Waals surface area contributed by atoms with E-state index < -0.39 is 0 Å². The fourth-order valence-electron chi connectivity index (χ4n) is 1.54. The molecule has 0 aliphatic heterocycles. The molecule has 3 N–H and O–H groups in total. The Morgan fingerprint density at radius 1 is 1.26 bits per heavy atom. The van der Waals surface area contributed by atoms with Crippen LogP contribution in [0.25, 0.3) is 0 Å². The number of nitrogens with two attached hydrogens (primary N) is 1. The lowest BCUT2D eigenvalue weighted by molar-refractivity contribution is -0.115. The summed E-state index contributed by atoms with van der Waals surface area (Å²) in [4.78, 5) is 15.8. The van der Waals surface area contributed by atoms with Crippen molar-refractivity contribution in [3.8, 4) is 6.07 Å². The molecule has 0 unspecified atom stereocenters. The van der Waals surface area contributed by atoms with E-state index in [1.54, 1.807) is 36.4 Å². The molecule has 0 atom stereocenters. The fourth-order valence-corrected chi connectivity index (χ4v) is 1.54. The summed E-state index contributed by atoms with van der Waals surface area (Å²) >= 11 is 0. The molecule has 19 heavy (non-hydrogen) atoms. The summed E-state index contributed by atoms with van der Waals surface area (Å²) in [5, 5.41) is 11.4. The van der Waals surface area contributed by atoms with Crippen LogP contribution >= 0.6 is 0 Å². The smallest absolute Gasteiger partial charge is 0.230 e. The zero-order valence-corrected chi connectivity index (χ0v) is 10.1. The minimum atomic E-state index is -0.165. The maximum Gasteiger partial charge on any atom is 0.230 e. The predicted molar refractivity (Wildman–Crippen MR) is 72.1 cm³/mol. The van der Waals surface area contributed by atoms with Gasteiger partial charge in [-0.15, -0.1) is 0 Å². The lowest BCUT2D eigenvalue weighted by Crippen LogP contribution is -2.15. The van der Waals surface area contributed by atoms with Crippen molar-refractivity contribution in [3.63, 3.8) is 0 Å². The number of nitriles is 1. The van der Waals surface area contributed by atoms with Gasteiger partial charge in [0.15, 0.2) is 0 Å². The van der Waals surface area contributed by atoms with Crippen molar-refractivity contribution in [1.29, 1.82) is 5.26 Å². The minimum Gasteiger partial charge on any atom is -0.397 e. The normalized spacial score (nSPS) is 9.63. The predicted octanol–water partition coefficient (Wildman–Crippen LogP) is 1.72. The molecular weight excluding hydrogens is 240 g/mol. The maximum atomic E-state index is 11.8. The summed E-state index contributed by atoms with van der Waals surface area (Å²) in [5.41, 5.74) is 7.94. The molecule has 5 nitrogen and oxygen atoms in total. The van der Waals surface area contributed by atoms with Crippen molar-refractivity contribution >= 4 is 17.3 Å². The SMILES string of the molecule is N#Cc1ccc(NC(=O)Cc2ccc(N)cn2)cc1. The van der Waals surface area contributed by atoms with Crippen LogP contribution in [0.1, 0.15) is 11.3 Å². The van der Waals surface area contributed by atoms with Crippen molar-refractivity contribution in [2.45, 2.75) is 6.42 Å². The number of hydrogen-bond donors (Lipinski definition) is 2. The standard InChI is InChI=1S/C14H12N4O/c15-8-10-1-4-12(5-2-10)18-14(19)7-13-6-3-11(16)9-17-13/h1-6,9H,7,16H2,(H,18,19). The summed E-state index contributed by atoms with van der Waals surface area (Å²) in [6, 6.07) is 12.1. The number of benzene rings is 1. The molecule has 0 aliphatic rings. The highest BCUT2D eigenvalue weighted by atomic mass is 16.1. The maximum absolute atomic E-state index is 11.8. The Labute approximate surface area is 110 Å². The highest BCUT2D eigenvalue weighted by Crippen LogP contribution is 2.09. The number of anilines is 2. The highest BCUT2D eigenvalue weighted by molar-refractivity contribution is 5.92. The van der Waals surface area contributed by atoms with Crippen LogP contribution in [0.15, 0.2) is 42.6 Å². The van der Waals surface area contributed by atoms with E-state index in [4.69, 9.17) is 11.0 Å². The zero-order valence-electron chi connectivity index (χ0n) is 10.1. The molecule has 5 heteroatoms. The van der Waals surface area contributed by atoms with Gasteiger partial charge < -0.3 is 11.1 Å². The van der Waals surface area contributed by atoms with Crippen LogP contribution in [-0.4, -0.2) is 10.9 Å². The second-order valence-electron chi connectivity index (χ2n) is 4.00. The van der Waals surface area contributed by atoms with Gasteiger partial charge >= 0.3 is 0 Å². The second-order valence-corrected chi connectivity index (χ2v) is 4.00. The van der Waals surface area contributed by atoms with E-state index in [1.165, 1.54) is 6.20 Å². The van der Waals surface area contributed by atoms with Crippen LogP contribution in [0, 0.1) is 11.3 Å². The molecule has 0 bridgehead atoms. The second kappa shape index (κ2) is 5.65. The topological polar surface area (TPSA) is 91.8 Å². The van der Waals surface area contributed by atoms with E-state index in [0.29, 0.717) is 22.6 Å². The average Bonchev–Trinajstić information content (AvgIpc) is 2.42. The number of carbonyl (C=O) groups is 1. The van der Waals surface area contributed by atoms with Crippen molar-refractivity contribution in [1.82, 2.24) is 4.98 Å². The first kappa shape index (κ1) is 12.6. The molecule has 94 valence electrons. The summed E-state index contributed by atoms with van der Waals surface area (Å²) in [6.07, 6.45) is 1.70. The molecule has 0 saturated heterocycles. The Hall–Kier alpha value is -2.87. The van der Waals surface area contributed by atoms with E-state index in [2.05, 4.69) is 10.3 Å². The van der Waals surface area contributed by atoms with Crippen molar-refractivity contribution in [2.24, 2.45) is 0 Å². The van der Waals surface area contributed by atoms with Gasteiger partial charge in [0.05, 0.1) is 29.9 Å². The number of amides is 1. The third-order valence-corrected chi connectivity index (χ3v) is 2.49. The van der Waals surface area contributed by atoms with Crippen molar-refractivity contribution in [2.75, 3.05) is 11.1 Å². The molecule has 1 amide bonds. The van der Waals surface area contributed by atoms with Crippen LogP contribution in [0.5, 0.6) is 0 Å². The Kier molecular flexibility index (Phi) is 3.74. The quantitative estimate of drug-likeness (QED) is 0.869. The first-order valence-electron chi connectivity index (χ1n) is 5.68. The molecule has 0 spiro atoms. The van der Waals surface area contributed by atoms with E-state index in [0.717, 1.165) is 0 Å². The number of carbonyl (C=O) groups excluding carboxylic acids is 1. The van der Waals surface area contributed by atoms with Crippen LogP contribution < -0.4 is 11.1 Å². The molecule has 0 aliphatic carbocycles. The van der Waals surface area contributed by atoms with Crippen LogP contribution in [0.3, 0.4) is 0 Å². The number of aromatic nitrogens is 1. The molecule has 2 rings (SSSR count). The summed E-state index contributed by atoms with van der Waals surface area (Å²) in [5.74, 6) is -0.165.